The molecule has 29 heavy (non-hydrogen) atoms. The summed E-state index contributed by atoms with van der Waals surface area (Å²) in [5.74, 6) is -2.13. The summed E-state index contributed by atoms with van der Waals surface area (Å²) in [4.78, 5) is 28.3. The Kier molecular flexibility index (Phi) is 6.69. The van der Waals surface area contributed by atoms with Crippen LogP contribution in [0.15, 0.2) is 53.3 Å². The minimum atomic E-state index is -2.60. The fourth-order valence-corrected chi connectivity index (χ4v) is 3.29. The van der Waals surface area contributed by atoms with Gasteiger partial charge >= 0.3 is 14.1 Å². The largest absolute Gasteiger partial charge is 0.575 e. The maximum Gasteiger partial charge on any atom is 0.395 e. The number of carbonyl (C=O) groups is 1. The molecule has 3 aromatic rings. The van der Waals surface area contributed by atoms with Gasteiger partial charge in [0.25, 0.3) is 0 Å². The predicted octanol–water partition coefficient (Wildman–Crippen LogP) is 4.53. The van der Waals surface area contributed by atoms with Crippen LogP contribution in [0.1, 0.15) is 12.5 Å². The molecule has 0 aliphatic heterocycles. The maximum atomic E-state index is 13.6. The van der Waals surface area contributed by atoms with Crippen LogP contribution in [0.2, 0.25) is 5.15 Å². The smallest absolute Gasteiger partial charge is 0.395 e. The second kappa shape index (κ2) is 9.22. The van der Waals surface area contributed by atoms with Crippen molar-refractivity contribution in [2.45, 2.75) is 19.6 Å². The third-order valence-electron chi connectivity index (χ3n) is 3.83. The Bertz CT molecular complexity index is 1100. The molecule has 1 heterocycles. The van der Waals surface area contributed by atoms with Gasteiger partial charge in [-0.15, -0.1) is 0 Å². The van der Waals surface area contributed by atoms with Crippen LogP contribution < -0.4 is 9.42 Å². The summed E-state index contributed by atoms with van der Waals surface area (Å²) >= 11 is 5.85. The number of halogens is 3. The van der Waals surface area contributed by atoms with Crippen LogP contribution in [0.5, 0.6) is 5.75 Å². The van der Waals surface area contributed by atoms with Crippen LogP contribution in [0.4, 0.5) is 8.78 Å². The monoisotopic (exact) mass is 438 g/mol. The third-order valence-corrected chi connectivity index (χ3v) is 4.93. The first-order valence-electron chi connectivity index (χ1n) is 8.35. The average Bonchev–Trinajstić information content (AvgIpc) is 2.66. The lowest BCUT2D eigenvalue weighted by Gasteiger charge is -2.08. The van der Waals surface area contributed by atoms with Crippen LogP contribution in [0.3, 0.4) is 0 Å². The maximum absolute atomic E-state index is 13.6. The zero-order valence-electron chi connectivity index (χ0n) is 15.0. The number of benzene rings is 2. The van der Waals surface area contributed by atoms with E-state index in [1.807, 2.05) is 0 Å². The SMILES string of the molecule is CC(/N=[P+](\[O-])Oc1cccc2nc(Cl)ccc12)C(=O)OCc1ccc(F)cc1F. The summed E-state index contributed by atoms with van der Waals surface area (Å²) in [5.41, 5.74) is 0.557. The van der Waals surface area contributed by atoms with E-state index in [1.54, 1.807) is 30.3 Å². The zero-order valence-corrected chi connectivity index (χ0v) is 16.7. The highest BCUT2D eigenvalue weighted by atomic mass is 35.5. The molecule has 2 atom stereocenters. The van der Waals surface area contributed by atoms with Crippen molar-refractivity contribution in [3.05, 3.63) is 70.9 Å². The van der Waals surface area contributed by atoms with E-state index in [0.29, 0.717) is 22.1 Å². The fourth-order valence-electron chi connectivity index (χ4n) is 2.39. The molecule has 2 aromatic carbocycles. The number of rotatable bonds is 6. The van der Waals surface area contributed by atoms with E-state index in [2.05, 4.69) is 9.73 Å². The summed E-state index contributed by atoms with van der Waals surface area (Å²) in [6.45, 7) is 0.961. The molecule has 0 amide bonds. The van der Waals surface area contributed by atoms with E-state index in [0.717, 1.165) is 6.07 Å². The van der Waals surface area contributed by atoms with Gasteiger partial charge in [0.2, 0.25) is 0 Å². The highest BCUT2D eigenvalue weighted by molar-refractivity contribution is 7.34. The van der Waals surface area contributed by atoms with Gasteiger partial charge in [-0.2, -0.15) is 0 Å². The van der Waals surface area contributed by atoms with Crippen LogP contribution in [0.25, 0.3) is 10.9 Å². The summed E-state index contributed by atoms with van der Waals surface area (Å²) < 4.78 is 40.5. The van der Waals surface area contributed by atoms with Gasteiger partial charge in [0.1, 0.15) is 23.4 Å². The third kappa shape index (κ3) is 5.44. The van der Waals surface area contributed by atoms with Crippen molar-refractivity contribution in [2.24, 2.45) is 4.74 Å². The number of nitrogens with zero attached hydrogens (tertiary/aromatic N) is 2. The quantitative estimate of drug-likeness (QED) is 0.321. The Labute approximate surface area is 170 Å². The fraction of sp³-hybridized carbons (Fsp3) is 0.158. The zero-order chi connectivity index (χ0) is 21.0. The minimum absolute atomic E-state index is 0.00880. The predicted molar refractivity (Wildman–Crippen MR) is 102 cm³/mol. The van der Waals surface area contributed by atoms with Crippen LogP contribution in [-0.4, -0.2) is 17.0 Å². The molecule has 0 aliphatic rings. The van der Waals surface area contributed by atoms with E-state index in [4.69, 9.17) is 20.9 Å². The Morgan fingerprint density at radius 1 is 1.28 bits per heavy atom. The van der Waals surface area contributed by atoms with Crippen molar-refractivity contribution in [2.75, 3.05) is 0 Å². The van der Waals surface area contributed by atoms with Crippen LogP contribution in [-0.2, 0) is 16.1 Å². The standard InChI is InChI=1S/C19H14ClF2N2O4P/c1-11(19(25)27-10-12-5-6-13(21)9-15(12)22)24-29(26)28-17-4-2-3-16-14(17)7-8-18(20)23-16/h2-9,11H,10H2,1H3. The van der Waals surface area contributed by atoms with Crippen molar-refractivity contribution in [1.29, 1.82) is 0 Å². The summed E-state index contributed by atoms with van der Waals surface area (Å²) in [5, 5.41) is 0.884. The molecule has 0 aliphatic carbocycles. The van der Waals surface area contributed by atoms with Crippen molar-refractivity contribution >= 4 is 36.6 Å². The molecule has 10 heteroatoms. The van der Waals surface area contributed by atoms with Gasteiger partial charge in [0.15, 0.2) is 11.8 Å². The molecule has 150 valence electrons. The average molecular weight is 439 g/mol. The first-order chi connectivity index (χ1) is 13.8. The number of carbonyl (C=O) groups excluding carboxylic acids is 1. The van der Waals surface area contributed by atoms with E-state index < -0.39 is 38.4 Å². The summed E-state index contributed by atoms with van der Waals surface area (Å²) in [7, 11) is -2.60. The highest BCUT2D eigenvalue weighted by Crippen LogP contribution is 2.31. The molecule has 0 radical (unpaired) electrons. The molecule has 0 fully saturated rings. The van der Waals surface area contributed by atoms with Gasteiger partial charge < -0.3 is 9.63 Å². The molecule has 0 bridgehead atoms. The van der Waals surface area contributed by atoms with E-state index >= 15 is 0 Å². The van der Waals surface area contributed by atoms with Gasteiger partial charge in [-0.1, -0.05) is 22.4 Å². The van der Waals surface area contributed by atoms with Crippen molar-refractivity contribution in [3.63, 3.8) is 0 Å². The molecule has 2 unspecified atom stereocenters. The second-order valence-electron chi connectivity index (χ2n) is 5.92. The van der Waals surface area contributed by atoms with Crippen molar-refractivity contribution < 1.29 is 27.7 Å². The molecular weight excluding hydrogens is 425 g/mol. The first-order valence-corrected chi connectivity index (χ1v) is 9.86. The molecule has 6 nitrogen and oxygen atoms in total. The Balaban J connectivity index is 1.65. The number of hydrogen-bond acceptors (Lipinski definition) is 6. The molecule has 0 saturated heterocycles. The molecular formula is C19H14ClF2N2O4P. The Morgan fingerprint density at radius 2 is 2.07 bits per heavy atom. The molecule has 3 rings (SSSR count). The minimum Gasteiger partial charge on any atom is -0.575 e. The van der Waals surface area contributed by atoms with E-state index in [1.165, 1.54) is 13.0 Å². The highest BCUT2D eigenvalue weighted by Gasteiger charge is 2.20. The molecule has 0 saturated carbocycles. The molecule has 0 spiro atoms. The lowest BCUT2D eigenvalue weighted by atomic mass is 10.2. The number of ether oxygens (including phenoxy) is 1. The Morgan fingerprint density at radius 3 is 2.83 bits per heavy atom. The van der Waals surface area contributed by atoms with Gasteiger partial charge in [-0.25, -0.2) is 18.6 Å². The first kappa shape index (κ1) is 21.0. The van der Waals surface area contributed by atoms with Crippen LogP contribution in [0, 0.1) is 11.6 Å². The molecule has 1 aromatic heterocycles. The number of fused-ring (bicyclic) bond motifs is 1. The van der Waals surface area contributed by atoms with E-state index in [-0.39, 0.29) is 11.3 Å². The second-order valence-corrected chi connectivity index (χ2v) is 7.20. The lowest BCUT2D eigenvalue weighted by molar-refractivity contribution is -0.169. The number of pyridine rings is 1. The Hall–Kier alpha value is -2.67. The number of aromatic nitrogens is 1. The number of hydrogen-bond donors (Lipinski definition) is 0. The topological polar surface area (TPSA) is 83.8 Å². The summed E-state index contributed by atoms with van der Waals surface area (Å²) in [6.07, 6.45) is 0. The van der Waals surface area contributed by atoms with Gasteiger partial charge in [0.05, 0.1) is 5.52 Å². The summed E-state index contributed by atoms with van der Waals surface area (Å²) in [6, 6.07) is 9.97. The lowest BCUT2D eigenvalue weighted by Crippen LogP contribution is -2.18. The van der Waals surface area contributed by atoms with Gasteiger partial charge in [-0.05, 0) is 43.3 Å². The van der Waals surface area contributed by atoms with Gasteiger partial charge in [-0.3, -0.25) is 4.52 Å². The van der Waals surface area contributed by atoms with Gasteiger partial charge in [0, 0.05) is 17.0 Å². The van der Waals surface area contributed by atoms with E-state index in [9.17, 15) is 18.5 Å². The normalized spacial score (nSPS) is 12.7. The molecule has 0 N–H and O–H groups in total. The van der Waals surface area contributed by atoms with Crippen LogP contribution >= 0.6 is 19.8 Å². The van der Waals surface area contributed by atoms with Crippen molar-refractivity contribution in [3.8, 4) is 5.75 Å². The van der Waals surface area contributed by atoms with Crippen molar-refractivity contribution in [1.82, 2.24) is 4.98 Å². The number of esters is 1.